The SMILES string of the molecule is COc1ccc(NC(=O)[C@@H]2CCCN2C(=O)c2ccccc2F)cc1. The molecule has 1 N–H and O–H groups in total. The number of hydrogen-bond acceptors (Lipinski definition) is 3. The van der Waals surface area contributed by atoms with Crippen LogP contribution >= 0.6 is 0 Å². The van der Waals surface area contributed by atoms with Gasteiger partial charge in [0.25, 0.3) is 5.91 Å². The minimum absolute atomic E-state index is 0.00773. The Bertz CT molecular complexity index is 776. The molecule has 5 nitrogen and oxygen atoms in total. The fourth-order valence-corrected chi connectivity index (χ4v) is 2.97. The maximum Gasteiger partial charge on any atom is 0.257 e. The number of carbonyl (C=O) groups excluding carboxylic acids is 2. The van der Waals surface area contributed by atoms with E-state index in [0.717, 1.165) is 0 Å². The van der Waals surface area contributed by atoms with E-state index in [4.69, 9.17) is 4.74 Å². The summed E-state index contributed by atoms with van der Waals surface area (Å²) in [5, 5.41) is 2.80. The monoisotopic (exact) mass is 342 g/mol. The highest BCUT2D eigenvalue weighted by Gasteiger charge is 2.35. The molecule has 1 saturated heterocycles. The van der Waals surface area contributed by atoms with Crippen LogP contribution in [-0.4, -0.2) is 36.4 Å². The van der Waals surface area contributed by atoms with Crippen LogP contribution in [0, 0.1) is 5.82 Å². The number of nitrogens with zero attached hydrogens (tertiary/aromatic N) is 1. The van der Waals surface area contributed by atoms with Gasteiger partial charge < -0.3 is 15.0 Å². The molecule has 6 heteroatoms. The topological polar surface area (TPSA) is 58.6 Å². The molecule has 2 amide bonds. The molecule has 0 bridgehead atoms. The largest absolute Gasteiger partial charge is 0.497 e. The van der Waals surface area contributed by atoms with E-state index < -0.39 is 17.8 Å². The van der Waals surface area contributed by atoms with Gasteiger partial charge >= 0.3 is 0 Å². The molecule has 1 fully saturated rings. The zero-order valence-electron chi connectivity index (χ0n) is 13.9. The Hall–Kier alpha value is -2.89. The van der Waals surface area contributed by atoms with Crippen molar-refractivity contribution in [2.45, 2.75) is 18.9 Å². The summed E-state index contributed by atoms with van der Waals surface area (Å²) in [7, 11) is 1.57. The summed E-state index contributed by atoms with van der Waals surface area (Å²) >= 11 is 0. The lowest BCUT2D eigenvalue weighted by atomic mass is 10.1. The van der Waals surface area contributed by atoms with Gasteiger partial charge in [0.1, 0.15) is 17.6 Å². The van der Waals surface area contributed by atoms with Crippen molar-refractivity contribution in [2.24, 2.45) is 0 Å². The quantitative estimate of drug-likeness (QED) is 0.929. The van der Waals surface area contributed by atoms with Gasteiger partial charge in [-0.05, 0) is 49.2 Å². The summed E-state index contributed by atoms with van der Waals surface area (Å²) in [5.41, 5.74) is 0.614. The lowest BCUT2D eigenvalue weighted by Gasteiger charge is -2.24. The molecule has 0 unspecified atom stereocenters. The van der Waals surface area contributed by atoms with E-state index in [-0.39, 0.29) is 11.5 Å². The second-order valence-electron chi connectivity index (χ2n) is 5.85. The van der Waals surface area contributed by atoms with Gasteiger partial charge in [-0.1, -0.05) is 12.1 Å². The molecule has 0 aromatic heterocycles. The molecule has 130 valence electrons. The lowest BCUT2D eigenvalue weighted by molar-refractivity contribution is -0.119. The van der Waals surface area contributed by atoms with Crippen LogP contribution in [0.2, 0.25) is 0 Å². The van der Waals surface area contributed by atoms with Gasteiger partial charge in [-0.3, -0.25) is 9.59 Å². The Morgan fingerprint density at radius 2 is 1.88 bits per heavy atom. The number of anilines is 1. The molecule has 0 aliphatic carbocycles. The number of ether oxygens (including phenoxy) is 1. The van der Waals surface area contributed by atoms with Crippen LogP contribution in [0.5, 0.6) is 5.75 Å². The summed E-state index contributed by atoms with van der Waals surface area (Å²) in [6.45, 7) is 0.438. The van der Waals surface area contributed by atoms with E-state index in [2.05, 4.69) is 5.32 Å². The van der Waals surface area contributed by atoms with Crippen LogP contribution in [0.15, 0.2) is 48.5 Å². The van der Waals surface area contributed by atoms with Crippen molar-refractivity contribution < 1.29 is 18.7 Å². The molecule has 3 rings (SSSR count). The average molecular weight is 342 g/mol. The second kappa shape index (κ2) is 7.34. The summed E-state index contributed by atoms with van der Waals surface area (Å²) in [4.78, 5) is 26.6. The lowest BCUT2D eigenvalue weighted by Crippen LogP contribution is -2.43. The van der Waals surface area contributed by atoms with Gasteiger partial charge in [0, 0.05) is 12.2 Å². The number of nitrogens with one attached hydrogen (secondary N) is 1. The third-order valence-corrected chi connectivity index (χ3v) is 4.28. The molecule has 2 aromatic rings. The van der Waals surface area contributed by atoms with Crippen molar-refractivity contribution in [1.29, 1.82) is 0 Å². The molecule has 1 aliphatic rings. The fraction of sp³-hybridized carbons (Fsp3) is 0.263. The zero-order valence-corrected chi connectivity index (χ0v) is 13.9. The molecule has 0 saturated carbocycles. The maximum absolute atomic E-state index is 13.9. The van der Waals surface area contributed by atoms with Crippen molar-refractivity contribution >= 4 is 17.5 Å². The van der Waals surface area contributed by atoms with Gasteiger partial charge in [-0.15, -0.1) is 0 Å². The van der Waals surface area contributed by atoms with Crippen molar-refractivity contribution in [2.75, 3.05) is 19.0 Å². The van der Waals surface area contributed by atoms with Gasteiger partial charge in [0.05, 0.1) is 12.7 Å². The first kappa shape index (κ1) is 17.0. The minimum atomic E-state index is -0.603. The Morgan fingerprint density at radius 3 is 2.56 bits per heavy atom. The third-order valence-electron chi connectivity index (χ3n) is 4.28. The van der Waals surface area contributed by atoms with Crippen LogP contribution < -0.4 is 10.1 Å². The number of amides is 2. The molecule has 25 heavy (non-hydrogen) atoms. The Balaban J connectivity index is 1.73. The van der Waals surface area contributed by atoms with E-state index in [1.165, 1.54) is 23.1 Å². The van der Waals surface area contributed by atoms with Gasteiger partial charge in [0.15, 0.2) is 0 Å². The normalized spacial score (nSPS) is 16.6. The molecular formula is C19H19FN2O3. The van der Waals surface area contributed by atoms with Crippen LogP contribution in [-0.2, 0) is 4.79 Å². The van der Waals surface area contributed by atoms with E-state index in [1.54, 1.807) is 37.4 Å². The number of likely N-dealkylation sites (tertiary alicyclic amines) is 1. The molecule has 1 atom stereocenters. The van der Waals surface area contributed by atoms with Crippen LogP contribution in [0.4, 0.5) is 10.1 Å². The number of methoxy groups -OCH3 is 1. The molecule has 0 spiro atoms. The van der Waals surface area contributed by atoms with Gasteiger partial charge in [0.2, 0.25) is 5.91 Å². The van der Waals surface area contributed by atoms with E-state index in [9.17, 15) is 14.0 Å². The van der Waals surface area contributed by atoms with Crippen LogP contribution in [0.25, 0.3) is 0 Å². The first-order chi connectivity index (χ1) is 12.1. The van der Waals surface area contributed by atoms with Gasteiger partial charge in [-0.25, -0.2) is 4.39 Å². The summed E-state index contributed by atoms with van der Waals surface area (Å²) < 4.78 is 19.0. The molecule has 1 heterocycles. The van der Waals surface area contributed by atoms with E-state index in [1.807, 2.05) is 0 Å². The van der Waals surface area contributed by atoms with Crippen molar-refractivity contribution in [1.82, 2.24) is 4.90 Å². The molecular weight excluding hydrogens is 323 g/mol. The summed E-state index contributed by atoms with van der Waals surface area (Å²) in [5.74, 6) is -0.609. The van der Waals surface area contributed by atoms with E-state index >= 15 is 0 Å². The fourth-order valence-electron chi connectivity index (χ4n) is 2.97. The zero-order chi connectivity index (χ0) is 17.8. The predicted octanol–water partition coefficient (Wildman–Crippen LogP) is 3.08. The predicted molar refractivity (Wildman–Crippen MR) is 92.1 cm³/mol. The first-order valence-electron chi connectivity index (χ1n) is 8.10. The number of carbonyl (C=O) groups is 2. The minimum Gasteiger partial charge on any atom is -0.497 e. The molecule has 2 aromatic carbocycles. The highest BCUT2D eigenvalue weighted by molar-refractivity contribution is 6.01. The number of hydrogen-bond donors (Lipinski definition) is 1. The Kier molecular flexibility index (Phi) is 4.97. The number of halogens is 1. The van der Waals surface area contributed by atoms with Crippen molar-refractivity contribution in [3.63, 3.8) is 0 Å². The Labute approximate surface area is 145 Å². The van der Waals surface area contributed by atoms with Crippen molar-refractivity contribution in [3.05, 3.63) is 59.9 Å². The maximum atomic E-state index is 13.9. The average Bonchev–Trinajstić information content (AvgIpc) is 3.12. The molecule has 1 aliphatic heterocycles. The number of rotatable bonds is 4. The first-order valence-corrected chi connectivity index (χ1v) is 8.10. The van der Waals surface area contributed by atoms with Crippen LogP contribution in [0.3, 0.4) is 0 Å². The highest BCUT2D eigenvalue weighted by Crippen LogP contribution is 2.23. The summed E-state index contributed by atoms with van der Waals surface area (Å²) in [6, 6.07) is 12.2. The smallest absolute Gasteiger partial charge is 0.257 e. The number of benzene rings is 2. The summed E-state index contributed by atoms with van der Waals surface area (Å²) in [6.07, 6.45) is 1.27. The van der Waals surface area contributed by atoms with Gasteiger partial charge in [-0.2, -0.15) is 0 Å². The third kappa shape index (κ3) is 3.63. The highest BCUT2D eigenvalue weighted by atomic mass is 19.1. The van der Waals surface area contributed by atoms with Crippen LogP contribution in [0.1, 0.15) is 23.2 Å². The van der Waals surface area contributed by atoms with E-state index in [0.29, 0.717) is 30.8 Å². The Morgan fingerprint density at radius 1 is 1.16 bits per heavy atom. The second-order valence-corrected chi connectivity index (χ2v) is 5.85. The van der Waals surface area contributed by atoms with Crippen molar-refractivity contribution in [3.8, 4) is 5.75 Å². The standard InChI is InChI=1S/C19H19FN2O3/c1-25-14-10-8-13(9-11-14)21-18(23)17-7-4-12-22(17)19(24)15-5-2-3-6-16(15)20/h2-3,5-6,8-11,17H,4,7,12H2,1H3,(H,21,23)/t17-/m0/s1. The molecule has 0 radical (unpaired) electrons.